The van der Waals surface area contributed by atoms with Gasteiger partial charge in [0, 0.05) is 38.3 Å². The number of amides is 2. The van der Waals surface area contributed by atoms with Crippen molar-refractivity contribution >= 4 is 28.5 Å². The number of unbranched alkanes of at least 4 members (excludes halogenated alkanes) is 1. The predicted molar refractivity (Wildman–Crippen MR) is 145 cm³/mol. The van der Waals surface area contributed by atoms with Gasteiger partial charge in [0.15, 0.2) is 0 Å². The molecule has 0 radical (unpaired) electrons. The largest absolute Gasteiger partial charge is 0.345 e. The summed E-state index contributed by atoms with van der Waals surface area (Å²) in [5.74, 6) is -2.14. The quantitative estimate of drug-likeness (QED) is 0.233. The monoisotopic (exact) mass is 551 g/mol. The van der Waals surface area contributed by atoms with E-state index in [4.69, 9.17) is 0 Å². The molecule has 2 aromatic carbocycles. The van der Waals surface area contributed by atoms with E-state index in [0.717, 1.165) is 12.1 Å². The molecule has 0 aliphatic rings. The zero-order valence-corrected chi connectivity index (χ0v) is 22.0. The molecule has 0 aliphatic heterocycles. The third-order valence-electron chi connectivity index (χ3n) is 6.21. The molecule has 0 bridgehead atoms. The number of nitrogens with zero attached hydrogens (tertiary/aromatic N) is 4. The molecule has 0 atom stereocenters. The maximum atomic E-state index is 14.5. The lowest BCUT2D eigenvalue weighted by molar-refractivity contribution is -0.123. The minimum atomic E-state index is -0.758. The molecule has 0 fully saturated rings. The second-order valence-corrected chi connectivity index (χ2v) is 9.41. The molecular formula is C29H28F3N5O3. The molecule has 4 aromatic rings. The van der Waals surface area contributed by atoms with Gasteiger partial charge in [-0.2, -0.15) is 0 Å². The summed E-state index contributed by atoms with van der Waals surface area (Å²) < 4.78 is 44.9. The van der Waals surface area contributed by atoms with E-state index in [2.05, 4.69) is 10.3 Å². The maximum absolute atomic E-state index is 14.5. The van der Waals surface area contributed by atoms with Gasteiger partial charge < -0.3 is 19.4 Å². The molecule has 40 heavy (non-hydrogen) atoms. The van der Waals surface area contributed by atoms with E-state index in [1.54, 1.807) is 30.8 Å². The molecule has 2 heterocycles. The summed E-state index contributed by atoms with van der Waals surface area (Å²) in [5.41, 5.74) is 0.588. The van der Waals surface area contributed by atoms with Crippen LogP contribution in [0.4, 0.5) is 18.9 Å². The molecule has 2 aromatic heterocycles. The van der Waals surface area contributed by atoms with E-state index < -0.39 is 23.0 Å². The number of carbonyl (C=O) groups is 2. The van der Waals surface area contributed by atoms with Crippen LogP contribution >= 0.6 is 0 Å². The number of pyridine rings is 1. The number of anilines is 1. The van der Waals surface area contributed by atoms with Gasteiger partial charge in [0.25, 0.3) is 5.56 Å². The Morgan fingerprint density at radius 3 is 2.52 bits per heavy atom. The first-order valence-corrected chi connectivity index (χ1v) is 12.6. The van der Waals surface area contributed by atoms with Crippen molar-refractivity contribution in [1.82, 2.24) is 19.0 Å². The Hall–Kier alpha value is -4.67. The van der Waals surface area contributed by atoms with Gasteiger partial charge in [0.05, 0.1) is 24.1 Å². The van der Waals surface area contributed by atoms with Crippen molar-refractivity contribution in [1.29, 1.82) is 0 Å². The van der Waals surface area contributed by atoms with Crippen molar-refractivity contribution in [3.8, 4) is 0 Å². The Labute approximate surface area is 228 Å². The zero-order valence-electron chi connectivity index (χ0n) is 22.0. The SMILES string of the molecule is CN(C)C(=O)/C=C/CCCC(=O)Nc1cccn(Cc2nc3ccc(F)cc3n2Cc2ccc(F)cc2F)c1=O. The van der Waals surface area contributed by atoms with Crippen molar-refractivity contribution in [2.24, 2.45) is 0 Å². The van der Waals surface area contributed by atoms with Crippen LogP contribution in [0.2, 0.25) is 0 Å². The molecule has 1 N–H and O–H groups in total. The molecule has 2 amide bonds. The number of aromatic nitrogens is 3. The Kier molecular flexibility index (Phi) is 8.83. The Morgan fingerprint density at radius 1 is 1.02 bits per heavy atom. The van der Waals surface area contributed by atoms with Crippen LogP contribution in [-0.2, 0) is 22.7 Å². The molecule has 0 unspecified atom stereocenters. The van der Waals surface area contributed by atoms with Gasteiger partial charge >= 0.3 is 0 Å². The third-order valence-corrected chi connectivity index (χ3v) is 6.21. The average Bonchev–Trinajstić information content (AvgIpc) is 3.23. The number of hydrogen-bond acceptors (Lipinski definition) is 4. The van der Waals surface area contributed by atoms with E-state index in [-0.39, 0.29) is 42.6 Å². The normalized spacial score (nSPS) is 11.3. The van der Waals surface area contributed by atoms with E-state index in [0.29, 0.717) is 29.7 Å². The Bertz CT molecular complexity index is 1640. The van der Waals surface area contributed by atoms with Crippen molar-refractivity contribution < 1.29 is 22.8 Å². The number of carbonyl (C=O) groups excluding carboxylic acids is 2. The van der Waals surface area contributed by atoms with E-state index in [1.807, 2.05) is 0 Å². The summed E-state index contributed by atoms with van der Waals surface area (Å²) in [7, 11) is 3.29. The van der Waals surface area contributed by atoms with E-state index in [1.165, 1.54) is 52.1 Å². The highest BCUT2D eigenvalue weighted by molar-refractivity contribution is 5.90. The van der Waals surface area contributed by atoms with Crippen LogP contribution in [0.25, 0.3) is 11.0 Å². The van der Waals surface area contributed by atoms with E-state index >= 15 is 0 Å². The molecule has 8 nitrogen and oxygen atoms in total. The number of hydrogen-bond donors (Lipinski definition) is 1. The lowest BCUT2D eigenvalue weighted by Crippen LogP contribution is -2.26. The van der Waals surface area contributed by atoms with Gasteiger partial charge in [-0.1, -0.05) is 12.1 Å². The Balaban J connectivity index is 1.52. The van der Waals surface area contributed by atoms with Crippen LogP contribution in [0.15, 0.2) is 71.7 Å². The highest BCUT2D eigenvalue weighted by atomic mass is 19.1. The number of benzene rings is 2. The first kappa shape index (κ1) is 28.3. The number of imidazole rings is 1. The lowest BCUT2D eigenvalue weighted by atomic mass is 10.2. The zero-order chi connectivity index (χ0) is 28.8. The summed E-state index contributed by atoms with van der Waals surface area (Å²) in [6, 6.07) is 10.3. The van der Waals surface area contributed by atoms with Crippen LogP contribution in [-0.4, -0.2) is 44.9 Å². The van der Waals surface area contributed by atoms with Crippen LogP contribution in [0.1, 0.15) is 30.7 Å². The number of likely N-dealkylation sites (N-methyl/N-ethyl adjacent to an activating group) is 1. The van der Waals surface area contributed by atoms with Crippen molar-refractivity contribution in [2.45, 2.75) is 32.4 Å². The number of nitrogens with one attached hydrogen (secondary N) is 1. The van der Waals surface area contributed by atoms with Crippen LogP contribution in [0, 0.1) is 17.5 Å². The first-order valence-electron chi connectivity index (χ1n) is 12.6. The molecule has 0 spiro atoms. The summed E-state index contributed by atoms with van der Waals surface area (Å²) in [6.07, 6.45) is 5.83. The summed E-state index contributed by atoms with van der Waals surface area (Å²) in [5, 5.41) is 2.62. The predicted octanol–water partition coefficient (Wildman–Crippen LogP) is 4.47. The van der Waals surface area contributed by atoms with Gasteiger partial charge in [-0.3, -0.25) is 14.4 Å². The number of halogens is 3. The van der Waals surface area contributed by atoms with Crippen molar-refractivity contribution in [3.63, 3.8) is 0 Å². The van der Waals surface area contributed by atoms with Crippen LogP contribution in [0.5, 0.6) is 0 Å². The number of rotatable bonds is 10. The van der Waals surface area contributed by atoms with Gasteiger partial charge in [-0.15, -0.1) is 0 Å². The number of allylic oxidation sites excluding steroid dienone is 1. The summed E-state index contributed by atoms with van der Waals surface area (Å²) in [4.78, 5) is 43.1. The minimum absolute atomic E-state index is 0.0493. The van der Waals surface area contributed by atoms with Gasteiger partial charge in [0.1, 0.15) is 29.0 Å². The minimum Gasteiger partial charge on any atom is -0.345 e. The maximum Gasteiger partial charge on any atom is 0.274 e. The molecule has 0 saturated heterocycles. The average molecular weight is 552 g/mol. The fourth-order valence-corrected chi connectivity index (χ4v) is 4.10. The van der Waals surface area contributed by atoms with Crippen molar-refractivity contribution in [2.75, 3.05) is 19.4 Å². The number of fused-ring (bicyclic) bond motifs is 1. The van der Waals surface area contributed by atoms with Gasteiger partial charge in [-0.05, 0) is 55.3 Å². The highest BCUT2D eigenvalue weighted by Gasteiger charge is 2.16. The van der Waals surface area contributed by atoms with E-state index in [9.17, 15) is 27.6 Å². The van der Waals surface area contributed by atoms with Crippen molar-refractivity contribution in [3.05, 3.63) is 106 Å². The summed E-state index contributed by atoms with van der Waals surface area (Å²) >= 11 is 0. The fraction of sp³-hybridized carbons (Fsp3) is 0.241. The molecule has 0 aliphatic carbocycles. The van der Waals surface area contributed by atoms with Crippen LogP contribution < -0.4 is 10.9 Å². The first-order chi connectivity index (χ1) is 19.1. The standard InChI is InChI=1S/C29H28F3N5O3/c1-35(2)28(39)9-5-3-4-8-27(38)34-24-7-6-14-36(29(24)40)18-26-33-23-13-12-21(31)16-25(23)37(26)17-19-10-11-20(30)15-22(19)32/h5-7,9-16H,3-4,8,17-18H2,1-2H3,(H,34,38)/b9-5+. The second kappa shape index (κ2) is 12.5. The second-order valence-electron chi connectivity index (χ2n) is 9.41. The van der Waals surface area contributed by atoms with Gasteiger partial charge in [0.2, 0.25) is 11.8 Å². The fourth-order valence-electron chi connectivity index (χ4n) is 4.10. The van der Waals surface area contributed by atoms with Gasteiger partial charge in [-0.25, -0.2) is 18.2 Å². The molecular weight excluding hydrogens is 523 g/mol. The highest BCUT2D eigenvalue weighted by Crippen LogP contribution is 2.21. The molecule has 11 heteroatoms. The summed E-state index contributed by atoms with van der Waals surface area (Å²) in [6.45, 7) is -0.118. The topological polar surface area (TPSA) is 89.2 Å². The third kappa shape index (κ3) is 6.85. The Morgan fingerprint density at radius 2 is 1.77 bits per heavy atom. The van der Waals surface area contributed by atoms with Crippen LogP contribution in [0.3, 0.4) is 0 Å². The molecule has 208 valence electrons. The molecule has 0 saturated carbocycles. The molecule has 4 rings (SSSR count). The smallest absolute Gasteiger partial charge is 0.274 e. The lowest BCUT2D eigenvalue weighted by Gasteiger charge is -2.13.